The molecular formula is C18H20N6O2. The highest BCUT2D eigenvalue weighted by Crippen LogP contribution is 2.29. The monoisotopic (exact) mass is 352 g/mol. The van der Waals surface area contributed by atoms with Gasteiger partial charge >= 0.3 is 6.03 Å². The molecule has 26 heavy (non-hydrogen) atoms. The van der Waals surface area contributed by atoms with E-state index in [2.05, 4.69) is 25.5 Å². The van der Waals surface area contributed by atoms with Crippen LogP contribution in [0, 0.1) is 0 Å². The van der Waals surface area contributed by atoms with Gasteiger partial charge in [-0.05, 0) is 31.4 Å². The lowest BCUT2D eigenvalue weighted by atomic mass is 9.89. The molecule has 0 saturated carbocycles. The summed E-state index contributed by atoms with van der Waals surface area (Å²) < 4.78 is 0. The van der Waals surface area contributed by atoms with Crippen LogP contribution in [0.3, 0.4) is 0 Å². The van der Waals surface area contributed by atoms with Gasteiger partial charge in [0.15, 0.2) is 5.82 Å². The highest BCUT2D eigenvalue weighted by atomic mass is 16.2. The summed E-state index contributed by atoms with van der Waals surface area (Å²) in [6.07, 6.45) is 5.63. The summed E-state index contributed by atoms with van der Waals surface area (Å²) in [5, 5.41) is 5.15. The largest absolute Gasteiger partial charge is 0.354 e. The van der Waals surface area contributed by atoms with Gasteiger partial charge in [-0.1, -0.05) is 6.92 Å². The maximum absolute atomic E-state index is 12.3. The molecule has 0 radical (unpaired) electrons. The summed E-state index contributed by atoms with van der Waals surface area (Å²) in [5.41, 5.74) is 0.959. The first-order valence-electron chi connectivity index (χ1n) is 8.76. The zero-order valence-electron chi connectivity index (χ0n) is 14.5. The zero-order valence-corrected chi connectivity index (χ0v) is 14.5. The standard InChI is InChI=1S/C18H20N6O2/c1-2-13-10-14(21-15(20-13)12-4-7-19-8-5-12)24-9-3-6-18(11-24)16(25)22-17(26)23-18/h4-5,7-8,10H,2-3,6,9,11H2,1H3,(H2,22,23,25,26). The second-order valence-corrected chi connectivity index (χ2v) is 6.65. The molecule has 2 aliphatic heterocycles. The van der Waals surface area contributed by atoms with E-state index in [4.69, 9.17) is 4.98 Å². The molecule has 3 amide bonds. The van der Waals surface area contributed by atoms with Crippen molar-refractivity contribution in [2.24, 2.45) is 0 Å². The van der Waals surface area contributed by atoms with Crippen molar-refractivity contribution in [2.75, 3.05) is 18.0 Å². The molecule has 1 unspecified atom stereocenters. The first-order chi connectivity index (χ1) is 12.6. The molecule has 2 aromatic heterocycles. The van der Waals surface area contributed by atoms with Crippen LogP contribution in [-0.4, -0.2) is 45.5 Å². The lowest BCUT2D eigenvalue weighted by molar-refractivity contribution is -0.124. The first kappa shape index (κ1) is 16.4. The fourth-order valence-electron chi connectivity index (χ4n) is 3.52. The van der Waals surface area contributed by atoms with Crippen LogP contribution in [0.15, 0.2) is 30.6 Å². The van der Waals surface area contributed by atoms with Gasteiger partial charge in [0, 0.05) is 36.3 Å². The number of anilines is 1. The van der Waals surface area contributed by atoms with Crippen LogP contribution < -0.4 is 15.5 Å². The van der Waals surface area contributed by atoms with Gasteiger partial charge in [-0.15, -0.1) is 0 Å². The maximum Gasteiger partial charge on any atom is 0.322 e. The van der Waals surface area contributed by atoms with Gasteiger partial charge < -0.3 is 10.2 Å². The number of hydrogen-bond donors (Lipinski definition) is 2. The lowest BCUT2D eigenvalue weighted by Gasteiger charge is -2.38. The smallest absolute Gasteiger partial charge is 0.322 e. The third-order valence-electron chi connectivity index (χ3n) is 4.90. The summed E-state index contributed by atoms with van der Waals surface area (Å²) in [6, 6.07) is 5.28. The van der Waals surface area contributed by atoms with Gasteiger partial charge in [0.2, 0.25) is 0 Å². The van der Waals surface area contributed by atoms with Gasteiger partial charge in [0.1, 0.15) is 11.4 Å². The Morgan fingerprint density at radius 3 is 2.73 bits per heavy atom. The van der Waals surface area contributed by atoms with Crippen molar-refractivity contribution in [3.63, 3.8) is 0 Å². The third kappa shape index (κ3) is 2.87. The molecule has 4 heterocycles. The number of aryl methyl sites for hydroxylation is 1. The molecule has 4 rings (SSSR count). The zero-order chi connectivity index (χ0) is 18.1. The number of hydrogen-bond acceptors (Lipinski definition) is 6. The second kappa shape index (κ2) is 6.36. The molecule has 134 valence electrons. The minimum Gasteiger partial charge on any atom is -0.354 e. The molecule has 0 aliphatic carbocycles. The van der Waals surface area contributed by atoms with E-state index in [0.29, 0.717) is 18.8 Å². The van der Waals surface area contributed by atoms with E-state index < -0.39 is 11.6 Å². The third-order valence-corrected chi connectivity index (χ3v) is 4.90. The number of pyridine rings is 1. The van der Waals surface area contributed by atoms with Gasteiger partial charge in [-0.2, -0.15) is 0 Å². The molecule has 2 N–H and O–H groups in total. The Labute approximate surface area is 151 Å². The average molecular weight is 352 g/mol. The highest BCUT2D eigenvalue weighted by molar-refractivity contribution is 6.07. The van der Waals surface area contributed by atoms with Crippen molar-refractivity contribution < 1.29 is 9.59 Å². The summed E-state index contributed by atoms with van der Waals surface area (Å²) in [4.78, 5) is 39.3. The Balaban J connectivity index is 1.69. The summed E-state index contributed by atoms with van der Waals surface area (Å²) >= 11 is 0. The van der Waals surface area contributed by atoms with E-state index in [1.54, 1.807) is 12.4 Å². The highest BCUT2D eigenvalue weighted by Gasteiger charge is 2.48. The number of amides is 3. The molecule has 2 saturated heterocycles. The molecule has 1 spiro atoms. The van der Waals surface area contributed by atoms with Crippen LogP contribution in [-0.2, 0) is 11.2 Å². The van der Waals surface area contributed by atoms with E-state index >= 15 is 0 Å². The molecule has 0 aromatic carbocycles. The molecule has 2 aromatic rings. The molecule has 8 heteroatoms. The number of imide groups is 1. The van der Waals surface area contributed by atoms with Crippen LogP contribution in [0.2, 0.25) is 0 Å². The van der Waals surface area contributed by atoms with Crippen LogP contribution >= 0.6 is 0 Å². The van der Waals surface area contributed by atoms with Crippen LogP contribution in [0.1, 0.15) is 25.5 Å². The van der Waals surface area contributed by atoms with Gasteiger partial charge in [-0.25, -0.2) is 14.8 Å². The van der Waals surface area contributed by atoms with Crippen LogP contribution in [0.5, 0.6) is 0 Å². The Morgan fingerprint density at radius 2 is 2.04 bits per heavy atom. The van der Waals surface area contributed by atoms with Crippen molar-refractivity contribution in [1.82, 2.24) is 25.6 Å². The van der Waals surface area contributed by atoms with Crippen molar-refractivity contribution in [2.45, 2.75) is 31.7 Å². The van der Waals surface area contributed by atoms with Crippen LogP contribution in [0.25, 0.3) is 11.4 Å². The summed E-state index contributed by atoms with van der Waals surface area (Å²) in [5.74, 6) is 1.16. The normalized spacial score (nSPS) is 22.4. The Hall–Kier alpha value is -3.03. The first-order valence-corrected chi connectivity index (χ1v) is 8.76. The molecule has 2 fully saturated rings. The second-order valence-electron chi connectivity index (χ2n) is 6.65. The van der Waals surface area contributed by atoms with Crippen molar-refractivity contribution in [3.8, 4) is 11.4 Å². The Kier molecular flexibility index (Phi) is 4.02. The van der Waals surface area contributed by atoms with E-state index in [9.17, 15) is 9.59 Å². The van der Waals surface area contributed by atoms with E-state index in [0.717, 1.165) is 36.5 Å². The van der Waals surface area contributed by atoms with Gasteiger partial charge in [-0.3, -0.25) is 15.1 Å². The summed E-state index contributed by atoms with van der Waals surface area (Å²) in [7, 11) is 0. The summed E-state index contributed by atoms with van der Waals surface area (Å²) in [6.45, 7) is 3.23. The van der Waals surface area contributed by atoms with E-state index in [1.807, 2.05) is 25.1 Å². The van der Waals surface area contributed by atoms with E-state index in [-0.39, 0.29) is 5.91 Å². The molecule has 8 nitrogen and oxygen atoms in total. The number of nitrogens with zero attached hydrogens (tertiary/aromatic N) is 4. The topological polar surface area (TPSA) is 100 Å². The van der Waals surface area contributed by atoms with Crippen molar-refractivity contribution >= 4 is 17.8 Å². The number of carbonyl (C=O) groups excluding carboxylic acids is 2. The molecular weight excluding hydrogens is 332 g/mol. The number of urea groups is 1. The minimum atomic E-state index is -0.872. The fraction of sp³-hybridized carbons (Fsp3) is 0.389. The average Bonchev–Trinajstić information content (AvgIpc) is 2.94. The minimum absolute atomic E-state index is 0.258. The van der Waals surface area contributed by atoms with Crippen molar-refractivity contribution in [1.29, 1.82) is 0 Å². The number of nitrogens with one attached hydrogen (secondary N) is 2. The van der Waals surface area contributed by atoms with Crippen LogP contribution in [0.4, 0.5) is 10.6 Å². The molecule has 2 aliphatic rings. The number of aromatic nitrogens is 3. The number of carbonyl (C=O) groups is 2. The Bertz CT molecular complexity index is 856. The lowest BCUT2D eigenvalue weighted by Crippen LogP contribution is -2.58. The molecule has 0 bridgehead atoms. The predicted octanol–water partition coefficient (Wildman–Crippen LogP) is 1.28. The quantitative estimate of drug-likeness (QED) is 0.807. The fourth-order valence-corrected chi connectivity index (χ4v) is 3.52. The van der Waals surface area contributed by atoms with Gasteiger partial charge in [0.25, 0.3) is 5.91 Å². The van der Waals surface area contributed by atoms with Gasteiger partial charge in [0.05, 0.1) is 6.54 Å². The Morgan fingerprint density at radius 1 is 1.23 bits per heavy atom. The van der Waals surface area contributed by atoms with E-state index in [1.165, 1.54) is 0 Å². The molecule has 1 atom stereocenters. The number of rotatable bonds is 3. The maximum atomic E-state index is 12.3. The predicted molar refractivity (Wildman–Crippen MR) is 95.5 cm³/mol. The number of piperidine rings is 1. The SMILES string of the molecule is CCc1cc(N2CCCC3(C2)NC(=O)NC3=O)nc(-c2ccncc2)n1. The van der Waals surface area contributed by atoms with Crippen molar-refractivity contribution in [3.05, 3.63) is 36.3 Å².